The molecule has 0 radical (unpaired) electrons. The molecular weight excluding hydrogens is 500 g/mol. The average molecular weight is 537 g/mol. The molecule has 1 fully saturated rings. The molecule has 0 unspecified atom stereocenters. The maximum absolute atomic E-state index is 13.2. The van der Waals surface area contributed by atoms with E-state index >= 15 is 0 Å². The summed E-state index contributed by atoms with van der Waals surface area (Å²) in [5.74, 6) is 1.46. The molecule has 2 aromatic carbocycles. The van der Waals surface area contributed by atoms with E-state index in [2.05, 4.69) is 15.5 Å². The summed E-state index contributed by atoms with van der Waals surface area (Å²) in [5, 5.41) is 5.72. The van der Waals surface area contributed by atoms with Gasteiger partial charge >= 0.3 is 6.03 Å². The summed E-state index contributed by atoms with van der Waals surface area (Å²) in [5.41, 5.74) is 2.34. The van der Waals surface area contributed by atoms with Crippen LogP contribution in [0.5, 0.6) is 11.5 Å². The fourth-order valence-electron chi connectivity index (χ4n) is 4.25. The Balaban J connectivity index is 1.54. The molecule has 1 saturated heterocycles. The third-order valence-corrected chi connectivity index (χ3v) is 6.43. The first-order chi connectivity index (χ1) is 19.0. The van der Waals surface area contributed by atoms with Crippen molar-refractivity contribution in [1.82, 2.24) is 24.7 Å². The fraction of sp³-hybridized carbons (Fsp3) is 0.393. The van der Waals surface area contributed by atoms with Gasteiger partial charge in [-0.25, -0.2) is 9.78 Å². The van der Waals surface area contributed by atoms with Gasteiger partial charge in [-0.1, -0.05) is 0 Å². The number of aromatic nitrogens is 2. The number of nitrogens with one attached hydrogen (secondary N) is 2. The largest absolute Gasteiger partial charge is 0.497 e. The number of hydrogen-bond acceptors (Lipinski definition) is 7. The lowest BCUT2D eigenvalue weighted by Crippen LogP contribution is -2.48. The van der Waals surface area contributed by atoms with Crippen molar-refractivity contribution in [3.05, 3.63) is 54.7 Å². The molecule has 39 heavy (non-hydrogen) atoms. The Hall–Kier alpha value is -4.09. The lowest BCUT2D eigenvalue weighted by atomic mass is 10.1. The average Bonchev–Trinajstić information content (AvgIpc) is 3.39. The zero-order chi connectivity index (χ0) is 27.6. The van der Waals surface area contributed by atoms with Crippen molar-refractivity contribution in [1.29, 1.82) is 0 Å². The summed E-state index contributed by atoms with van der Waals surface area (Å²) >= 11 is 0. The number of ether oxygens (including phenoxy) is 3. The van der Waals surface area contributed by atoms with Crippen molar-refractivity contribution in [2.24, 2.45) is 0 Å². The number of methoxy groups -OCH3 is 2. The molecule has 4 rings (SSSR count). The molecule has 1 aromatic heterocycles. The summed E-state index contributed by atoms with van der Waals surface area (Å²) in [6.07, 6.45) is 1.86. The van der Waals surface area contributed by atoms with E-state index in [9.17, 15) is 9.59 Å². The predicted molar refractivity (Wildman–Crippen MR) is 149 cm³/mol. The maximum Gasteiger partial charge on any atom is 0.317 e. The van der Waals surface area contributed by atoms with Crippen LogP contribution in [0.3, 0.4) is 0 Å². The lowest BCUT2D eigenvalue weighted by Gasteiger charge is -2.29. The summed E-state index contributed by atoms with van der Waals surface area (Å²) < 4.78 is 17.8. The second-order valence-corrected chi connectivity index (χ2v) is 9.01. The molecule has 0 saturated carbocycles. The van der Waals surface area contributed by atoms with E-state index in [0.717, 1.165) is 35.8 Å². The van der Waals surface area contributed by atoms with Crippen molar-refractivity contribution < 1.29 is 23.8 Å². The monoisotopic (exact) mass is 536 g/mol. The molecule has 208 valence electrons. The van der Waals surface area contributed by atoms with E-state index in [1.807, 2.05) is 61.7 Å². The maximum atomic E-state index is 13.2. The Kier molecular flexibility index (Phi) is 9.76. The second kappa shape index (κ2) is 13.6. The Morgan fingerprint density at radius 2 is 1.64 bits per heavy atom. The van der Waals surface area contributed by atoms with Gasteiger partial charge in [0.25, 0.3) is 0 Å². The summed E-state index contributed by atoms with van der Waals surface area (Å²) in [4.78, 5) is 34.5. The minimum Gasteiger partial charge on any atom is -0.497 e. The number of hydrogen-bond donors (Lipinski definition) is 2. The Morgan fingerprint density at radius 1 is 1.00 bits per heavy atom. The van der Waals surface area contributed by atoms with Crippen LogP contribution in [0, 0.1) is 0 Å². The van der Waals surface area contributed by atoms with Crippen LogP contribution in [0.1, 0.15) is 6.92 Å². The Labute approximate surface area is 228 Å². The van der Waals surface area contributed by atoms with E-state index in [-0.39, 0.29) is 18.5 Å². The number of nitrogens with zero attached hydrogens (tertiary/aromatic N) is 4. The van der Waals surface area contributed by atoms with Crippen molar-refractivity contribution in [2.75, 3.05) is 72.0 Å². The smallest absolute Gasteiger partial charge is 0.317 e. The highest BCUT2D eigenvalue weighted by atomic mass is 16.5. The molecule has 11 nitrogen and oxygen atoms in total. The third kappa shape index (κ3) is 7.49. The number of morpholine rings is 1. The standard InChI is InChI=1S/C28H36N6O5/c1-4-29-28(36)33(14-13-32-15-17-39-18-16-32)20-26(35)31-27-30-25(21-5-9-23(37-2)10-6-21)19-34(27)22-7-11-24(38-3)12-8-22/h5-12,19H,4,13-18,20H2,1-3H3,(H,29,36)(H,30,31,35). The molecule has 3 aromatic rings. The molecule has 11 heteroatoms. The predicted octanol–water partition coefficient (Wildman–Crippen LogP) is 2.86. The molecule has 3 amide bonds. The van der Waals surface area contributed by atoms with Crippen molar-refractivity contribution in [2.45, 2.75) is 6.92 Å². The Bertz CT molecular complexity index is 1220. The van der Waals surface area contributed by atoms with Crippen LogP contribution in [-0.2, 0) is 9.53 Å². The van der Waals surface area contributed by atoms with Gasteiger partial charge in [0.15, 0.2) is 0 Å². The zero-order valence-corrected chi connectivity index (χ0v) is 22.7. The van der Waals surface area contributed by atoms with Gasteiger partial charge in [-0.2, -0.15) is 0 Å². The summed E-state index contributed by atoms with van der Waals surface area (Å²) in [6.45, 7) is 6.26. The van der Waals surface area contributed by atoms with Gasteiger partial charge in [-0.3, -0.25) is 19.6 Å². The molecule has 0 aliphatic carbocycles. The minimum absolute atomic E-state index is 0.108. The van der Waals surface area contributed by atoms with Gasteiger partial charge in [0.05, 0.1) is 33.1 Å². The van der Waals surface area contributed by atoms with Crippen LogP contribution in [0.15, 0.2) is 54.7 Å². The van der Waals surface area contributed by atoms with Gasteiger partial charge in [-0.15, -0.1) is 0 Å². The molecule has 2 N–H and O–H groups in total. The van der Waals surface area contributed by atoms with E-state index < -0.39 is 0 Å². The van der Waals surface area contributed by atoms with Gasteiger partial charge < -0.3 is 24.4 Å². The van der Waals surface area contributed by atoms with Crippen LogP contribution in [0.25, 0.3) is 16.9 Å². The zero-order valence-electron chi connectivity index (χ0n) is 22.7. The highest BCUT2D eigenvalue weighted by molar-refractivity contribution is 5.93. The molecule has 1 aliphatic heterocycles. The van der Waals surface area contributed by atoms with Crippen molar-refractivity contribution >= 4 is 17.9 Å². The summed E-state index contributed by atoms with van der Waals surface area (Å²) in [6, 6.07) is 14.7. The molecule has 1 aliphatic rings. The first-order valence-corrected chi connectivity index (χ1v) is 13.0. The van der Waals surface area contributed by atoms with Gasteiger partial charge in [0.1, 0.15) is 18.0 Å². The van der Waals surface area contributed by atoms with E-state index in [1.54, 1.807) is 18.8 Å². The molecule has 0 bridgehead atoms. The van der Waals surface area contributed by atoms with E-state index in [1.165, 1.54) is 4.90 Å². The highest BCUT2D eigenvalue weighted by Gasteiger charge is 2.21. The van der Waals surface area contributed by atoms with E-state index in [4.69, 9.17) is 19.2 Å². The number of carbonyl (C=O) groups excluding carboxylic acids is 2. The number of benzene rings is 2. The molecular formula is C28H36N6O5. The number of imidazole rings is 1. The van der Waals surface area contributed by atoms with Crippen molar-refractivity contribution in [3.63, 3.8) is 0 Å². The normalized spacial score (nSPS) is 13.5. The van der Waals surface area contributed by atoms with Crippen LogP contribution in [0.2, 0.25) is 0 Å². The van der Waals surface area contributed by atoms with Crippen LogP contribution in [0.4, 0.5) is 10.7 Å². The third-order valence-electron chi connectivity index (χ3n) is 6.43. The van der Waals surface area contributed by atoms with E-state index in [0.29, 0.717) is 44.5 Å². The van der Waals surface area contributed by atoms with Crippen molar-refractivity contribution in [3.8, 4) is 28.4 Å². The van der Waals surface area contributed by atoms with Gasteiger partial charge in [0.2, 0.25) is 11.9 Å². The number of amides is 3. The number of anilines is 1. The second-order valence-electron chi connectivity index (χ2n) is 9.01. The quantitative estimate of drug-likeness (QED) is 0.388. The number of urea groups is 1. The van der Waals surface area contributed by atoms with Gasteiger partial charge in [-0.05, 0) is 55.5 Å². The van der Waals surface area contributed by atoms with Crippen LogP contribution < -0.4 is 20.1 Å². The molecule has 2 heterocycles. The first-order valence-electron chi connectivity index (χ1n) is 13.0. The number of rotatable bonds is 11. The summed E-state index contributed by atoms with van der Waals surface area (Å²) in [7, 11) is 3.23. The first kappa shape index (κ1) is 27.9. The minimum atomic E-state index is -0.343. The number of carbonyl (C=O) groups is 2. The Morgan fingerprint density at radius 3 is 2.26 bits per heavy atom. The van der Waals surface area contributed by atoms with Crippen LogP contribution in [-0.4, -0.2) is 98.0 Å². The van der Waals surface area contributed by atoms with Gasteiger partial charge in [0, 0.05) is 50.2 Å². The SMILES string of the molecule is CCNC(=O)N(CCN1CCOCC1)CC(=O)Nc1nc(-c2ccc(OC)cc2)cn1-c1ccc(OC)cc1. The molecule has 0 atom stereocenters. The van der Waals surface area contributed by atoms with Crippen LogP contribution >= 0.6 is 0 Å². The topological polar surface area (TPSA) is 110 Å². The lowest BCUT2D eigenvalue weighted by molar-refractivity contribution is -0.116. The highest BCUT2D eigenvalue weighted by Crippen LogP contribution is 2.27. The fourth-order valence-corrected chi connectivity index (χ4v) is 4.25. The molecule has 0 spiro atoms.